The fraction of sp³-hybridized carbons (Fsp3) is 0.0909. The van der Waals surface area contributed by atoms with E-state index in [2.05, 4.69) is 15.9 Å². The van der Waals surface area contributed by atoms with Gasteiger partial charge in [0.15, 0.2) is 17.3 Å². The number of carbonyl (C=O) groups is 2. The van der Waals surface area contributed by atoms with Crippen molar-refractivity contribution in [1.82, 2.24) is 0 Å². The SMILES string of the molecule is COc1cc(C=CC(=O)c2ccc(Br)cc2)ccc1OC(=O)c1c(C)oc2ccc(OCc3ccccc3)cc12. The van der Waals surface area contributed by atoms with Crippen molar-refractivity contribution < 1.29 is 28.2 Å². The number of allylic oxidation sites excluding steroid dienone is 1. The van der Waals surface area contributed by atoms with Gasteiger partial charge in [0.1, 0.15) is 29.3 Å². The molecular weight excluding hydrogens is 572 g/mol. The van der Waals surface area contributed by atoms with Gasteiger partial charge >= 0.3 is 5.97 Å². The summed E-state index contributed by atoms with van der Waals surface area (Å²) in [6.07, 6.45) is 3.17. The Balaban J connectivity index is 1.33. The third kappa shape index (κ3) is 6.16. The Bertz CT molecular complexity index is 1700. The van der Waals surface area contributed by atoms with E-state index in [-0.39, 0.29) is 11.5 Å². The molecule has 0 bridgehead atoms. The number of ketones is 1. The highest BCUT2D eigenvalue weighted by atomic mass is 79.9. The van der Waals surface area contributed by atoms with Gasteiger partial charge in [0.05, 0.1) is 7.11 Å². The van der Waals surface area contributed by atoms with Crippen LogP contribution in [-0.4, -0.2) is 18.9 Å². The molecule has 0 atom stereocenters. The summed E-state index contributed by atoms with van der Waals surface area (Å²) in [5.41, 5.74) is 3.19. The molecule has 1 heterocycles. The van der Waals surface area contributed by atoms with E-state index >= 15 is 0 Å². The predicted octanol–water partition coefficient (Wildman–Crippen LogP) is 8.21. The minimum absolute atomic E-state index is 0.128. The third-order valence-electron chi connectivity index (χ3n) is 6.23. The molecule has 5 rings (SSSR count). The van der Waals surface area contributed by atoms with Gasteiger partial charge < -0.3 is 18.6 Å². The minimum atomic E-state index is -0.580. The fourth-order valence-corrected chi connectivity index (χ4v) is 4.45. The Hall–Kier alpha value is -4.62. The Morgan fingerprint density at radius 1 is 0.900 bits per heavy atom. The number of benzene rings is 4. The van der Waals surface area contributed by atoms with Crippen LogP contribution in [0.1, 0.15) is 37.6 Å². The quantitative estimate of drug-likeness (QED) is 0.0738. The van der Waals surface area contributed by atoms with E-state index in [0.717, 1.165) is 10.0 Å². The number of methoxy groups -OCH3 is 1. The van der Waals surface area contributed by atoms with Crippen LogP contribution in [0.25, 0.3) is 17.0 Å². The number of rotatable bonds is 9. The molecule has 0 saturated heterocycles. The molecule has 0 saturated carbocycles. The second-order valence-corrected chi connectivity index (χ2v) is 9.89. The summed E-state index contributed by atoms with van der Waals surface area (Å²) in [4.78, 5) is 25.8. The van der Waals surface area contributed by atoms with Gasteiger partial charge in [0.25, 0.3) is 0 Å². The fourth-order valence-electron chi connectivity index (χ4n) is 4.19. The average molecular weight is 597 g/mol. The Kier molecular flexibility index (Phi) is 8.12. The first-order valence-electron chi connectivity index (χ1n) is 12.5. The van der Waals surface area contributed by atoms with Crippen LogP contribution in [0.5, 0.6) is 17.2 Å². The molecule has 4 aromatic carbocycles. The Morgan fingerprint density at radius 2 is 1.68 bits per heavy atom. The van der Waals surface area contributed by atoms with Gasteiger partial charge in [-0.2, -0.15) is 0 Å². The molecule has 0 unspecified atom stereocenters. The first-order valence-corrected chi connectivity index (χ1v) is 13.3. The van der Waals surface area contributed by atoms with Crippen molar-refractivity contribution in [3.05, 3.63) is 130 Å². The monoisotopic (exact) mass is 596 g/mol. The molecule has 0 aliphatic carbocycles. The van der Waals surface area contributed by atoms with Gasteiger partial charge in [-0.3, -0.25) is 4.79 Å². The molecule has 7 heteroatoms. The van der Waals surface area contributed by atoms with Crippen LogP contribution in [0.2, 0.25) is 0 Å². The molecule has 0 spiro atoms. The van der Waals surface area contributed by atoms with Crippen LogP contribution in [0.3, 0.4) is 0 Å². The second-order valence-electron chi connectivity index (χ2n) is 8.97. The normalized spacial score (nSPS) is 11.1. The molecular formula is C33H25BrO6. The van der Waals surface area contributed by atoms with Gasteiger partial charge in [-0.15, -0.1) is 0 Å². The summed E-state index contributed by atoms with van der Waals surface area (Å²) >= 11 is 3.37. The van der Waals surface area contributed by atoms with Gasteiger partial charge in [0.2, 0.25) is 0 Å². The maximum Gasteiger partial charge on any atom is 0.347 e. The lowest BCUT2D eigenvalue weighted by Gasteiger charge is -2.10. The van der Waals surface area contributed by atoms with Crippen molar-refractivity contribution in [2.75, 3.05) is 7.11 Å². The van der Waals surface area contributed by atoms with Crippen LogP contribution in [0.4, 0.5) is 0 Å². The average Bonchev–Trinajstić information content (AvgIpc) is 3.31. The van der Waals surface area contributed by atoms with Crippen molar-refractivity contribution in [2.24, 2.45) is 0 Å². The largest absolute Gasteiger partial charge is 0.493 e. The molecule has 40 heavy (non-hydrogen) atoms. The smallest absolute Gasteiger partial charge is 0.347 e. The van der Waals surface area contributed by atoms with Crippen molar-refractivity contribution in [3.63, 3.8) is 0 Å². The third-order valence-corrected chi connectivity index (χ3v) is 6.76. The minimum Gasteiger partial charge on any atom is -0.493 e. The van der Waals surface area contributed by atoms with E-state index in [9.17, 15) is 9.59 Å². The van der Waals surface area contributed by atoms with Crippen molar-refractivity contribution in [2.45, 2.75) is 13.5 Å². The molecule has 1 aromatic heterocycles. The van der Waals surface area contributed by atoms with E-state index in [0.29, 0.717) is 51.5 Å². The van der Waals surface area contributed by atoms with Crippen molar-refractivity contribution >= 4 is 44.7 Å². The molecule has 0 aliphatic rings. The lowest BCUT2D eigenvalue weighted by Crippen LogP contribution is -2.10. The van der Waals surface area contributed by atoms with Gasteiger partial charge in [-0.05, 0) is 78.7 Å². The molecule has 200 valence electrons. The van der Waals surface area contributed by atoms with E-state index in [1.807, 2.05) is 42.5 Å². The number of fused-ring (bicyclic) bond motifs is 1. The van der Waals surface area contributed by atoms with Crippen LogP contribution in [0.15, 0.2) is 106 Å². The number of carbonyl (C=O) groups excluding carboxylic acids is 2. The Labute approximate surface area is 239 Å². The summed E-state index contributed by atoms with van der Waals surface area (Å²) in [6, 6.07) is 27.4. The zero-order valence-corrected chi connectivity index (χ0v) is 23.4. The highest BCUT2D eigenvalue weighted by molar-refractivity contribution is 9.10. The van der Waals surface area contributed by atoms with Crippen LogP contribution < -0.4 is 14.2 Å². The standard InChI is InChI=1S/C33H25BrO6/c1-21-32(27-19-26(14-17-29(27)39-21)38-20-23-6-4-3-5-7-23)33(36)40-30-16-9-22(18-31(30)37-2)8-15-28(35)24-10-12-25(34)13-11-24/h3-19H,20H2,1-2H3. The number of halogens is 1. The lowest BCUT2D eigenvalue weighted by molar-refractivity contribution is 0.0729. The van der Waals surface area contributed by atoms with E-state index < -0.39 is 5.97 Å². The summed E-state index contributed by atoms with van der Waals surface area (Å²) < 4.78 is 23.9. The van der Waals surface area contributed by atoms with Crippen LogP contribution in [-0.2, 0) is 6.61 Å². The van der Waals surface area contributed by atoms with E-state index in [1.165, 1.54) is 13.2 Å². The first kappa shape index (κ1) is 27.0. The van der Waals surface area contributed by atoms with Gasteiger partial charge in [0, 0.05) is 15.4 Å². The molecule has 6 nitrogen and oxygen atoms in total. The van der Waals surface area contributed by atoms with Gasteiger partial charge in [-0.1, -0.05) is 58.4 Å². The highest BCUT2D eigenvalue weighted by Gasteiger charge is 2.22. The van der Waals surface area contributed by atoms with Crippen LogP contribution >= 0.6 is 15.9 Å². The molecule has 0 N–H and O–H groups in total. The molecule has 5 aromatic rings. The topological polar surface area (TPSA) is 75.0 Å². The predicted molar refractivity (Wildman–Crippen MR) is 157 cm³/mol. The van der Waals surface area contributed by atoms with E-state index in [1.54, 1.807) is 61.5 Å². The second kappa shape index (κ2) is 12.1. The summed E-state index contributed by atoms with van der Waals surface area (Å²) in [5, 5.41) is 0.595. The number of aryl methyl sites for hydroxylation is 1. The summed E-state index contributed by atoms with van der Waals surface area (Å²) in [6.45, 7) is 2.12. The number of furan rings is 1. The van der Waals surface area contributed by atoms with Crippen LogP contribution in [0, 0.1) is 6.92 Å². The lowest BCUT2D eigenvalue weighted by atomic mass is 10.1. The molecule has 0 fully saturated rings. The van der Waals surface area contributed by atoms with Crippen molar-refractivity contribution in [3.8, 4) is 17.2 Å². The molecule has 0 aliphatic heterocycles. The summed E-state index contributed by atoms with van der Waals surface area (Å²) in [5.74, 6) is 0.931. The first-order chi connectivity index (χ1) is 19.4. The summed E-state index contributed by atoms with van der Waals surface area (Å²) in [7, 11) is 1.49. The number of esters is 1. The number of hydrogen-bond acceptors (Lipinski definition) is 6. The highest BCUT2D eigenvalue weighted by Crippen LogP contribution is 2.33. The van der Waals surface area contributed by atoms with Gasteiger partial charge in [-0.25, -0.2) is 4.79 Å². The molecule has 0 amide bonds. The maximum atomic E-state index is 13.3. The van der Waals surface area contributed by atoms with E-state index in [4.69, 9.17) is 18.6 Å². The zero-order valence-electron chi connectivity index (χ0n) is 21.8. The maximum absolute atomic E-state index is 13.3. The Morgan fingerprint density at radius 3 is 2.42 bits per heavy atom. The molecule has 0 radical (unpaired) electrons. The zero-order chi connectivity index (χ0) is 28.1. The number of hydrogen-bond donors (Lipinski definition) is 0. The number of ether oxygens (including phenoxy) is 3. The van der Waals surface area contributed by atoms with Crippen molar-refractivity contribution in [1.29, 1.82) is 0 Å².